The molecular formula is C40H30N4. The van der Waals surface area contributed by atoms with Gasteiger partial charge in [-0.25, -0.2) is 9.97 Å². The number of hydrogen-bond donors (Lipinski definition) is 0. The third-order valence-corrected chi connectivity index (χ3v) is 8.34. The predicted octanol–water partition coefficient (Wildman–Crippen LogP) is 10.4. The first-order valence-corrected chi connectivity index (χ1v) is 15.1. The standard InChI is InChI=1S/C40H30N4/c1-2-35-40(42-37-17-9-8-16-36(37)41-35)28-20-22-30(23-21-28)43(29-12-4-3-5-13-29)31-24-26-32(27-25-31)44-38-18-10-6-14-33(38)34-15-7-11-19-39(34)44/h3-27H,2H2,1H3. The second-order valence-electron chi connectivity index (χ2n) is 11.0. The third-order valence-electron chi connectivity index (χ3n) is 8.34. The zero-order valence-corrected chi connectivity index (χ0v) is 24.4. The second-order valence-corrected chi connectivity index (χ2v) is 11.0. The maximum absolute atomic E-state index is 5.01. The Balaban J connectivity index is 1.20. The fraction of sp³-hybridized carbons (Fsp3) is 0.0500. The molecule has 0 N–H and O–H groups in total. The van der Waals surface area contributed by atoms with Gasteiger partial charge in [0.15, 0.2) is 0 Å². The Hall–Kier alpha value is -5.74. The molecule has 0 amide bonds. The van der Waals surface area contributed by atoms with Crippen molar-refractivity contribution in [1.82, 2.24) is 14.5 Å². The van der Waals surface area contributed by atoms with E-state index >= 15 is 0 Å². The Kier molecular flexibility index (Phi) is 6.38. The lowest BCUT2D eigenvalue weighted by molar-refractivity contribution is 1.04. The van der Waals surface area contributed by atoms with Crippen LogP contribution >= 0.6 is 0 Å². The average Bonchev–Trinajstić information content (AvgIpc) is 3.43. The zero-order valence-electron chi connectivity index (χ0n) is 24.4. The number of aromatic nitrogens is 3. The van der Waals surface area contributed by atoms with Crippen LogP contribution in [0.2, 0.25) is 0 Å². The van der Waals surface area contributed by atoms with Gasteiger partial charge in [0.25, 0.3) is 0 Å². The van der Waals surface area contributed by atoms with E-state index in [1.165, 1.54) is 21.8 Å². The van der Waals surface area contributed by atoms with Crippen LogP contribution in [0.25, 0.3) is 49.8 Å². The van der Waals surface area contributed by atoms with Crippen molar-refractivity contribution in [2.24, 2.45) is 0 Å². The molecule has 6 aromatic carbocycles. The summed E-state index contributed by atoms with van der Waals surface area (Å²) in [4.78, 5) is 12.2. The van der Waals surface area contributed by atoms with E-state index in [1.54, 1.807) is 0 Å². The maximum atomic E-state index is 5.01. The van der Waals surface area contributed by atoms with Gasteiger partial charge in [0.05, 0.1) is 33.5 Å². The monoisotopic (exact) mass is 566 g/mol. The molecule has 0 unspecified atom stereocenters. The fourth-order valence-electron chi connectivity index (χ4n) is 6.26. The lowest BCUT2D eigenvalue weighted by Crippen LogP contribution is -2.10. The van der Waals surface area contributed by atoms with Crippen LogP contribution in [0, 0.1) is 0 Å². The average molecular weight is 567 g/mol. The highest BCUT2D eigenvalue weighted by atomic mass is 15.1. The van der Waals surface area contributed by atoms with Crippen molar-refractivity contribution in [3.63, 3.8) is 0 Å². The van der Waals surface area contributed by atoms with Crippen LogP contribution < -0.4 is 4.90 Å². The molecule has 2 heterocycles. The maximum Gasteiger partial charge on any atom is 0.0925 e. The Bertz CT molecular complexity index is 2200. The summed E-state index contributed by atoms with van der Waals surface area (Å²) < 4.78 is 2.35. The van der Waals surface area contributed by atoms with Gasteiger partial charge in [-0.3, -0.25) is 0 Å². The first kappa shape index (κ1) is 25.9. The minimum atomic E-state index is 0.823. The first-order chi connectivity index (χ1) is 21.8. The Morgan fingerprint density at radius 2 is 1.00 bits per heavy atom. The van der Waals surface area contributed by atoms with Crippen molar-refractivity contribution in [1.29, 1.82) is 0 Å². The summed E-state index contributed by atoms with van der Waals surface area (Å²) in [5, 5.41) is 2.53. The lowest BCUT2D eigenvalue weighted by atomic mass is 10.1. The molecule has 0 bridgehead atoms. The largest absolute Gasteiger partial charge is 0.311 e. The summed E-state index contributed by atoms with van der Waals surface area (Å²) in [5.74, 6) is 0. The van der Waals surface area contributed by atoms with Gasteiger partial charge in [0, 0.05) is 39.1 Å². The van der Waals surface area contributed by atoms with Crippen molar-refractivity contribution in [2.75, 3.05) is 4.90 Å². The highest BCUT2D eigenvalue weighted by Crippen LogP contribution is 2.37. The van der Waals surface area contributed by atoms with Crippen molar-refractivity contribution >= 4 is 49.9 Å². The normalized spacial score (nSPS) is 11.4. The summed E-state index contributed by atoms with van der Waals surface area (Å²) in [5.41, 5.74) is 11.7. The van der Waals surface area contributed by atoms with E-state index < -0.39 is 0 Å². The summed E-state index contributed by atoms with van der Waals surface area (Å²) >= 11 is 0. The fourth-order valence-corrected chi connectivity index (χ4v) is 6.26. The number of hydrogen-bond acceptors (Lipinski definition) is 3. The number of anilines is 3. The summed E-state index contributed by atoms with van der Waals surface area (Å²) in [6, 6.07) is 53.4. The SMILES string of the molecule is CCc1nc2ccccc2nc1-c1ccc(N(c2ccccc2)c2ccc(-n3c4ccccc4c4ccccc43)cc2)cc1. The third kappa shape index (κ3) is 4.40. The van der Waals surface area contributed by atoms with E-state index in [1.807, 2.05) is 24.3 Å². The number of para-hydroxylation sites is 5. The Morgan fingerprint density at radius 3 is 1.61 bits per heavy atom. The number of aryl methyl sites for hydroxylation is 1. The molecule has 2 aromatic heterocycles. The van der Waals surface area contributed by atoms with E-state index in [0.717, 1.165) is 57.2 Å². The zero-order chi connectivity index (χ0) is 29.5. The molecule has 4 nitrogen and oxygen atoms in total. The van der Waals surface area contributed by atoms with Crippen LogP contribution in [0.1, 0.15) is 12.6 Å². The Morgan fingerprint density at radius 1 is 0.500 bits per heavy atom. The van der Waals surface area contributed by atoms with Gasteiger partial charge < -0.3 is 9.47 Å². The topological polar surface area (TPSA) is 34.0 Å². The van der Waals surface area contributed by atoms with Gasteiger partial charge in [-0.2, -0.15) is 0 Å². The van der Waals surface area contributed by atoms with Gasteiger partial charge in [0.2, 0.25) is 0 Å². The molecule has 44 heavy (non-hydrogen) atoms. The molecular weight excluding hydrogens is 536 g/mol. The van der Waals surface area contributed by atoms with Gasteiger partial charge in [-0.05, 0) is 79.2 Å². The summed E-state index contributed by atoms with van der Waals surface area (Å²) in [7, 11) is 0. The lowest BCUT2D eigenvalue weighted by Gasteiger charge is -2.26. The van der Waals surface area contributed by atoms with E-state index in [9.17, 15) is 0 Å². The second kappa shape index (κ2) is 10.8. The highest BCUT2D eigenvalue weighted by Gasteiger charge is 2.16. The molecule has 0 saturated heterocycles. The van der Waals surface area contributed by atoms with Gasteiger partial charge >= 0.3 is 0 Å². The number of nitrogens with zero attached hydrogens (tertiary/aromatic N) is 4. The molecule has 4 heteroatoms. The first-order valence-electron chi connectivity index (χ1n) is 15.1. The van der Waals surface area contributed by atoms with Crippen LogP contribution in [-0.2, 0) is 6.42 Å². The van der Waals surface area contributed by atoms with Crippen molar-refractivity contribution < 1.29 is 0 Å². The molecule has 0 fully saturated rings. The molecule has 0 spiro atoms. The van der Waals surface area contributed by atoms with Gasteiger partial charge in [-0.15, -0.1) is 0 Å². The molecule has 0 atom stereocenters. The van der Waals surface area contributed by atoms with Crippen LogP contribution in [0.15, 0.2) is 152 Å². The Labute approximate surface area is 256 Å². The van der Waals surface area contributed by atoms with Crippen molar-refractivity contribution in [3.8, 4) is 16.9 Å². The molecule has 0 aliphatic carbocycles. The smallest absolute Gasteiger partial charge is 0.0925 e. The molecule has 8 aromatic rings. The van der Waals surface area contributed by atoms with Gasteiger partial charge in [-0.1, -0.05) is 85.8 Å². The van der Waals surface area contributed by atoms with Crippen molar-refractivity contribution in [2.45, 2.75) is 13.3 Å². The van der Waals surface area contributed by atoms with Crippen LogP contribution in [0.4, 0.5) is 17.1 Å². The summed E-state index contributed by atoms with van der Waals surface area (Å²) in [6.07, 6.45) is 0.823. The minimum absolute atomic E-state index is 0.823. The molecule has 0 aliphatic rings. The van der Waals surface area contributed by atoms with E-state index in [2.05, 4.69) is 144 Å². The van der Waals surface area contributed by atoms with Crippen molar-refractivity contribution in [3.05, 3.63) is 157 Å². The minimum Gasteiger partial charge on any atom is -0.311 e. The molecule has 0 aliphatic heterocycles. The highest BCUT2D eigenvalue weighted by molar-refractivity contribution is 6.09. The molecule has 210 valence electrons. The molecule has 0 radical (unpaired) electrons. The van der Waals surface area contributed by atoms with Gasteiger partial charge in [0.1, 0.15) is 0 Å². The van der Waals surface area contributed by atoms with E-state index in [0.29, 0.717) is 0 Å². The van der Waals surface area contributed by atoms with Crippen LogP contribution in [-0.4, -0.2) is 14.5 Å². The number of fused-ring (bicyclic) bond motifs is 4. The predicted molar refractivity (Wildman–Crippen MR) is 183 cm³/mol. The van der Waals surface area contributed by atoms with Crippen LogP contribution in [0.3, 0.4) is 0 Å². The van der Waals surface area contributed by atoms with E-state index in [4.69, 9.17) is 9.97 Å². The number of rotatable bonds is 6. The van der Waals surface area contributed by atoms with E-state index in [-0.39, 0.29) is 0 Å². The molecule has 0 saturated carbocycles. The summed E-state index contributed by atoms with van der Waals surface area (Å²) in [6.45, 7) is 2.14. The van der Waals surface area contributed by atoms with Crippen LogP contribution in [0.5, 0.6) is 0 Å². The molecule has 8 rings (SSSR count). The quantitative estimate of drug-likeness (QED) is 0.201. The number of benzene rings is 6.